The molecule has 0 fully saturated rings. The van der Waals surface area contributed by atoms with Gasteiger partial charge in [-0.3, -0.25) is 20.2 Å². The van der Waals surface area contributed by atoms with E-state index in [1.54, 1.807) is 29.7 Å². The molecule has 35 heavy (non-hydrogen) atoms. The highest BCUT2D eigenvalue weighted by Gasteiger charge is 2.25. The van der Waals surface area contributed by atoms with Gasteiger partial charge in [0.1, 0.15) is 10.3 Å². The summed E-state index contributed by atoms with van der Waals surface area (Å²) >= 11 is 0.510. The van der Waals surface area contributed by atoms with Crippen molar-refractivity contribution in [2.24, 2.45) is 10.2 Å². The molecular weight excluding hydrogens is 470 g/mol. The average molecular weight is 488 g/mol. The normalized spacial score (nSPS) is 10.5. The predicted molar refractivity (Wildman–Crippen MR) is 130 cm³/mol. The summed E-state index contributed by atoms with van der Waals surface area (Å²) in [6.07, 6.45) is 0.348. The molecule has 3 aromatic carbocycles. The fourth-order valence-electron chi connectivity index (χ4n) is 3.18. The van der Waals surface area contributed by atoms with Gasteiger partial charge in [0.2, 0.25) is 0 Å². The second kappa shape index (κ2) is 11.9. The molecule has 0 radical (unpaired) electrons. The molecule has 0 spiro atoms. The van der Waals surface area contributed by atoms with E-state index in [4.69, 9.17) is 10.5 Å². The van der Waals surface area contributed by atoms with Crippen LogP contribution < -0.4 is 4.90 Å². The zero-order valence-electron chi connectivity index (χ0n) is 18.1. The molecule has 11 nitrogen and oxygen atoms in total. The standard InChI is InChI=1S/C23H17N7O4S/c24-11-4-12-28(15-17-5-2-1-3-6-17)19-9-7-18(8-10-19)26-27-20-13-23(35-16-25)22(30(33)34)14-21(20)29(31)32/h1-3,5-10,13-14H,4,12,15H2. The summed E-state index contributed by atoms with van der Waals surface area (Å²) in [6, 6.07) is 20.8. The Kier molecular flexibility index (Phi) is 8.43. The second-order valence-corrected chi connectivity index (χ2v) is 7.87. The van der Waals surface area contributed by atoms with Crippen LogP contribution in [0.5, 0.6) is 0 Å². The summed E-state index contributed by atoms with van der Waals surface area (Å²) in [5.74, 6) is 0. The molecule has 0 amide bonds. The molecule has 0 heterocycles. The summed E-state index contributed by atoms with van der Waals surface area (Å²) in [5.41, 5.74) is 0.994. The van der Waals surface area contributed by atoms with Gasteiger partial charge in [0.15, 0.2) is 5.69 Å². The maximum atomic E-state index is 11.4. The lowest BCUT2D eigenvalue weighted by molar-refractivity contribution is -0.395. The number of nitrogens with zero attached hydrogens (tertiary/aromatic N) is 7. The van der Waals surface area contributed by atoms with Crippen LogP contribution in [-0.2, 0) is 6.54 Å². The highest BCUT2D eigenvalue weighted by molar-refractivity contribution is 8.03. The molecule has 174 valence electrons. The van der Waals surface area contributed by atoms with Crippen LogP contribution >= 0.6 is 11.8 Å². The Bertz CT molecular complexity index is 1330. The molecule has 0 bridgehead atoms. The van der Waals surface area contributed by atoms with E-state index in [-0.39, 0.29) is 10.6 Å². The van der Waals surface area contributed by atoms with Gasteiger partial charge in [-0.1, -0.05) is 30.3 Å². The third kappa shape index (κ3) is 6.60. The molecule has 0 aliphatic rings. The Hall–Kier alpha value is -4.81. The zero-order chi connectivity index (χ0) is 25.2. The first-order valence-electron chi connectivity index (χ1n) is 10.1. The summed E-state index contributed by atoms with van der Waals surface area (Å²) in [7, 11) is 0. The molecule has 3 rings (SSSR count). The molecule has 3 aromatic rings. The van der Waals surface area contributed by atoms with Crippen molar-refractivity contribution in [3.63, 3.8) is 0 Å². The SMILES string of the molecule is N#CCCN(Cc1ccccc1)c1ccc(N=Nc2cc(SC#N)c([N+](=O)[O-])cc2[N+](=O)[O-])cc1. The van der Waals surface area contributed by atoms with Crippen LogP contribution in [0.4, 0.5) is 28.4 Å². The minimum atomic E-state index is -0.792. The van der Waals surface area contributed by atoms with Gasteiger partial charge in [-0.05, 0) is 47.7 Å². The number of nitro groups is 2. The minimum absolute atomic E-state index is 0.0681. The van der Waals surface area contributed by atoms with Crippen LogP contribution in [0.3, 0.4) is 0 Å². The van der Waals surface area contributed by atoms with Gasteiger partial charge >= 0.3 is 5.69 Å². The number of thiocyanates is 1. The fraction of sp³-hybridized carbons (Fsp3) is 0.130. The first kappa shape index (κ1) is 24.8. The number of azo groups is 1. The lowest BCUT2D eigenvalue weighted by atomic mass is 10.2. The number of nitriles is 2. The van der Waals surface area contributed by atoms with E-state index in [1.807, 2.05) is 35.2 Å². The Morgan fingerprint density at radius 3 is 2.20 bits per heavy atom. The van der Waals surface area contributed by atoms with Gasteiger partial charge in [-0.25, -0.2) is 0 Å². The molecule has 0 saturated heterocycles. The largest absolute Gasteiger partial charge is 0.366 e. The lowest BCUT2D eigenvalue weighted by Crippen LogP contribution is -2.23. The number of benzene rings is 3. The lowest BCUT2D eigenvalue weighted by Gasteiger charge is -2.24. The van der Waals surface area contributed by atoms with E-state index in [9.17, 15) is 20.2 Å². The number of hydrogen-bond acceptors (Lipinski definition) is 10. The predicted octanol–water partition coefficient (Wildman–Crippen LogP) is 6.41. The van der Waals surface area contributed by atoms with E-state index < -0.39 is 21.2 Å². The highest BCUT2D eigenvalue weighted by Crippen LogP contribution is 2.39. The Balaban J connectivity index is 1.87. The maximum absolute atomic E-state index is 11.4. The molecule has 0 unspecified atom stereocenters. The van der Waals surface area contributed by atoms with Crippen LogP contribution in [0.1, 0.15) is 12.0 Å². The molecule has 0 aliphatic heterocycles. The van der Waals surface area contributed by atoms with E-state index in [0.29, 0.717) is 37.0 Å². The van der Waals surface area contributed by atoms with Crippen molar-refractivity contribution in [3.8, 4) is 11.5 Å². The fourth-order valence-corrected chi connectivity index (χ4v) is 3.68. The first-order chi connectivity index (χ1) is 16.9. The highest BCUT2D eigenvalue weighted by atomic mass is 32.2. The van der Waals surface area contributed by atoms with Crippen molar-refractivity contribution in [3.05, 3.63) is 92.5 Å². The van der Waals surface area contributed by atoms with Crippen molar-refractivity contribution in [2.75, 3.05) is 11.4 Å². The van der Waals surface area contributed by atoms with Gasteiger partial charge in [-0.2, -0.15) is 15.6 Å². The van der Waals surface area contributed by atoms with Crippen LogP contribution in [0.25, 0.3) is 0 Å². The van der Waals surface area contributed by atoms with Crippen LogP contribution in [0, 0.1) is 42.2 Å². The average Bonchev–Trinajstić information content (AvgIpc) is 2.86. The molecular formula is C23H17N7O4S. The van der Waals surface area contributed by atoms with Crippen molar-refractivity contribution in [1.29, 1.82) is 10.5 Å². The number of hydrogen-bond donors (Lipinski definition) is 0. The summed E-state index contributed by atoms with van der Waals surface area (Å²) < 4.78 is 0. The second-order valence-electron chi connectivity index (χ2n) is 7.05. The van der Waals surface area contributed by atoms with Crippen molar-refractivity contribution < 1.29 is 9.85 Å². The number of thioether (sulfide) groups is 1. The van der Waals surface area contributed by atoms with Crippen LogP contribution in [0.2, 0.25) is 0 Å². The molecule has 0 atom stereocenters. The molecule has 0 aromatic heterocycles. The molecule has 12 heteroatoms. The Labute approximate surface area is 204 Å². The van der Waals surface area contributed by atoms with E-state index in [1.165, 1.54) is 0 Å². The van der Waals surface area contributed by atoms with Gasteiger partial charge < -0.3 is 4.90 Å². The minimum Gasteiger partial charge on any atom is -0.366 e. The van der Waals surface area contributed by atoms with Gasteiger partial charge in [-0.15, -0.1) is 5.11 Å². The molecule has 0 N–H and O–H groups in total. The van der Waals surface area contributed by atoms with Gasteiger partial charge in [0.25, 0.3) is 5.69 Å². The first-order valence-corrected chi connectivity index (χ1v) is 10.9. The smallest absolute Gasteiger partial charge is 0.303 e. The summed E-state index contributed by atoms with van der Waals surface area (Å²) in [5, 5.41) is 50.2. The monoisotopic (exact) mass is 487 g/mol. The Morgan fingerprint density at radius 1 is 0.914 bits per heavy atom. The third-order valence-electron chi connectivity index (χ3n) is 4.80. The Morgan fingerprint density at radius 2 is 1.60 bits per heavy atom. The van der Waals surface area contributed by atoms with Crippen molar-refractivity contribution in [1.82, 2.24) is 0 Å². The van der Waals surface area contributed by atoms with Crippen molar-refractivity contribution >= 4 is 40.2 Å². The third-order valence-corrected chi connectivity index (χ3v) is 5.44. The molecule has 0 saturated carbocycles. The summed E-state index contributed by atoms with van der Waals surface area (Å²) in [4.78, 5) is 23.0. The zero-order valence-corrected chi connectivity index (χ0v) is 19.0. The van der Waals surface area contributed by atoms with Crippen molar-refractivity contribution in [2.45, 2.75) is 17.9 Å². The van der Waals surface area contributed by atoms with Crippen LogP contribution in [0.15, 0.2) is 81.9 Å². The topological polar surface area (TPSA) is 162 Å². The maximum Gasteiger partial charge on any atom is 0.303 e. The van der Waals surface area contributed by atoms with E-state index in [0.717, 1.165) is 23.4 Å². The van der Waals surface area contributed by atoms with Gasteiger partial charge in [0, 0.05) is 18.8 Å². The van der Waals surface area contributed by atoms with Gasteiger partial charge in [0.05, 0.1) is 34.1 Å². The number of anilines is 1. The molecule has 0 aliphatic carbocycles. The van der Waals surface area contributed by atoms with E-state index >= 15 is 0 Å². The van der Waals surface area contributed by atoms with E-state index in [2.05, 4.69) is 16.3 Å². The number of nitro benzene ring substituents is 2. The quantitative estimate of drug-likeness (QED) is 0.104. The van der Waals surface area contributed by atoms with Crippen LogP contribution in [-0.4, -0.2) is 16.4 Å². The number of rotatable bonds is 10. The summed E-state index contributed by atoms with van der Waals surface area (Å²) in [6.45, 7) is 1.14.